The van der Waals surface area contributed by atoms with Gasteiger partial charge in [0.05, 0.1) is 17.3 Å². The van der Waals surface area contributed by atoms with E-state index < -0.39 is 21.6 Å². The Kier molecular flexibility index (Phi) is 6.88. The Labute approximate surface area is 179 Å². The summed E-state index contributed by atoms with van der Waals surface area (Å²) in [4.78, 5) is 20.3. The van der Waals surface area contributed by atoms with Crippen LogP contribution in [-0.2, 0) is 15.7 Å². The first-order valence-corrected chi connectivity index (χ1v) is 11.3. The molecule has 8 nitrogen and oxygen atoms in total. The van der Waals surface area contributed by atoms with Crippen LogP contribution in [0.1, 0.15) is 28.9 Å². The molecule has 0 saturated carbocycles. The van der Waals surface area contributed by atoms with E-state index >= 15 is 0 Å². The molecule has 30 heavy (non-hydrogen) atoms. The van der Waals surface area contributed by atoms with Crippen LogP contribution in [-0.4, -0.2) is 45.5 Å². The van der Waals surface area contributed by atoms with Crippen molar-refractivity contribution in [3.8, 4) is 0 Å². The number of amides is 1. The maximum absolute atomic E-state index is 14.5. The van der Waals surface area contributed by atoms with E-state index in [1.807, 2.05) is 0 Å². The van der Waals surface area contributed by atoms with Gasteiger partial charge in [-0.15, -0.1) is 0 Å². The number of carbonyl (C=O) groups is 1. The molecule has 0 aliphatic carbocycles. The predicted octanol–water partition coefficient (Wildman–Crippen LogP) is 3.05. The van der Waals surface area contributed by atoms with Crippen molar-refractivity contribution in [2.75, 3.05) is 25.5 Å². The summed E-state index contributed by atoms with van der Waals surface area (Å²) in [6.45, 7) is 0.818. The molecule has 0 bridgehead atoms. The largest absolute Gasteiger partial charge is 0.369 e. The first kappa shape index (κ1) is 22.0. The number of guanidine groups is 1. The van der Waals surface area contributed by atoms with Crippen LogP contribution in [0, 0.1) is 5.82 Å². The summed E-state index contributed by atoms with van der Waals surface area (Å²) in [5, 5.41) is 3.06. The minimum Gasteiger partial charge on any atom is -0.369 e. The maximum atomic E-state index is 14.5. The third-order valence-corrected chi connectivity index (χ3v) is 7.05. The van der Waals surface area contributed by atoms with Crippen LogP contribution in [0.5, 0.6) is 0 Å². The van der Waals surface area contributed by atoms with Gasteiger partial charge >= 0.3 is 0 Å². The third kappa shape index (κ3) is 5.06. The second-order valence-corrected chi connectivity index (χ2v) is 9.25. The molecule has 11 heteroatoms. The molecular weight excluding hydrogens is 431 g/mol. The van der Waals surface area contributed by atoms with Gasteiger partial charge in [-0.25, -0.2) is 17.9 Å². The standard InChI is InChI=1S/C19H22ClFN6O2S/c1-23-19(22)27-9-3-2-8-25-30(27,29)12-13-10-15(5-6-16(13)21)26-18(28)17-7-4-14(20)11-24-17/h4-7,10-11H,2-3,8-9,12H2,1H3,(H2,22,23)(H,26,28). The predicted molar refractivity (Wildman–Crippen MR) is 116 cm³/mol. The number of hydrogen-bond donors (Lipinski definition) is 2. The molecule has 1 aromatic carbocycles. The molecule has 1 aromatic heterocycles. The lowest BCUT2D eigenvalue weighted by Gasteiger charge is -2.25. The highest BCUT2D eigenvalue weighted by atomic mass is 35.5. The van der Waals surface area contributed by atoms with Gasteiger partial charge in [-0.05, 0) is 43.2 Å². The number of nitrogens with zero attached hydrogens (tertiary/aromatic N) is 4. The third-order valence-electron chi connectivity index (χ3n) is 4.50. The summed E-state index contributed by atoms with van der Waals surface area (Å²) in [5.41, 5.74) is 6.58. The minimum absolute atomic E-state index is 0.101. The van der Waals surface area contributed by atoms with Gasteiger partial charge < -0.3 is 11.1 Å². The fourth-order valence-electron chi connectivity index (χ4n) is 2.95. The number of aliphatic imine (C=N–C) groups is 1. The van der Waals surface area contributed by atoms with Crippen molar-refractivity contribution in [2.24, 2.45) is 15.1 Å². The number of anilines is 1. The fraction of sp³-hybridized carbons (Fsp3) is 0.316. The van der Waals surface area contributed by atoms with E-state index in [1.54, 1.807) is 6.07 Å². The first-order valence-electron chi connectivity index (χ1n) is 9.24. The van der Waals surface area contributed by atoms with Gasteiger partial charge in [-0.2, -0.15) is 0 Å². The lowest BCUT2D eigenvalue weighted by molar-refractivity contribution is 0.102. The van der Waals surface area contributed by atoms with Crippen LogP contribution in [0.15, 0.2) is 45.9 Å². The molecule has 1 aliphatic heterocycles. The van der Waals surface area contributed by atoms with Crippen molar-refractivity contribution in [1.29, 1.82) is 0 Å². The molecule has 1 aliphatic rings. The van der Waals surface area contributed by atoms with Crippen LogP contribution in [0.4, 0.5) is 10.1 Å². The van der Waals surface area contributed by atoms with Crippen LogP contribution >= 0.6 is 11.6 Å². The highest BCUT2D eigenvalue weighted by molar-refractivity contribution is 7.91. The quantitative estimate of drug-likeness (QED) is 0.548. The molecule has 2 heterocycles. The summed E-state index contributed by atoms with van der Waals surface area (Å²) < 4.78 is 33.9. The number of pyridine rings is 1. The van der Waals surface area contributed by atoms with E-state index in [-0.39, 0.29) is 23.0 Å². The molecule has 0 saturated heterocycles. The molecule has 1 atom stereocenters. The number of nitrogens with one attached hydrogen (secondary N) is 1. The molecule has 0 spiro atoms. The highest BCUT2D eigenvalue weighted by Crippen LogP contribution is 2.23. The Hall–Kier alpha value is -2.72. The van der Waals surface area contributed by atoms with E-state index in [4.69, 9.17) is 17.3 Å². The Bertz CT molecular complexity index is 1080. The summed E-state index contributed by atoms with van der Waals surface area (Å²) in [6.07, 6.45) is 2.87. The summed E-state index contributed by atoms with van der Waals surface area (Å²) >= 11 is 5.78. The lowest BCUT2D eigenvalue weighted by atomic mass is 10.2. The first-order chi connectivity index (χ1) is 14.3. The number of halogens is 2. The van der Waals surface area contributed by atoms with Crippen LogP contribution in [0.2, 0.25) is 5.02 Å². The topological polar surface area (TPSA) is 113 Å². The summed E-state index contributed by atoms with van der Waals surface area (Å²) in [5.74, 6) is -1.11. The number of aromatic nitrogens is 1. The van der Waals surface area contributed by atoms with E-state index in [0.717, 1.165) is 12.8 Å². The average molecular weight is 453 g/mol. The number of nitrogens with two attached hydrogens (primary N) is 1. The van der Waals surface area contributed by atoms with Crippen LogP contribution in [0.25, 0.3) is 0 Å². The van der Waals surface area contributed by atoms with Gasteiger partial charge in [0.1, 0.15) is 21.4 Å². The van der Waals surface area contributed by atoms with Crippen molar-refractivity contribution in [3.05, 3.63) is 58.6 Å². The minimum atomic E-state index is -3.03. The monoisotopic (exact) mass is 452 g/mol. The van der Waals surface area contributed by atoms with Gasteiger partial charge in [0, 0.05) is 31.0 Å². The number of hydrogen-bond acceptors (Lipinski definition) is 5. The Morgan fingerprint density at radius 2 is 2.17 bits per heavy atom. The Balaban J connectivity index is 1.87. The van der Waals surface area contributed by atoms with Gasteiger partial charge in [0.2, 0.25) is 5.96 Å². The highest BCUT2D eigenvalue weighted by Gasteiger charge is 2.25. The Morgan fingerprint density at radius 1 is 1.37 bits per heavy atom. The smallest absolute Gasteiger partial charge is 0.274 e. The summed E-state index contributed by atoms with van der Waals surface area (Å²) in [7, 11) is -1.53. The van der Waals surface area contributed by atoms with Gasteiger partial charge in [-0.1, -0.05) is 11.6 Å². The molecule has 160 valence electrons. The number of rotatable bonds is 4. The fourth-order valence-corrected chi connectivity index (χ4v) is 5.28. The van der Waals surface area contributed by atoms with Gasteiger partial charge in [0.15, 0.2) is 0 Å². The van der Waals surface area contributed by atoms with E-state index in [0.29, 0.717) is 23.8 Å². The van der Waals surface area contributed by atoms with Gasteiger partial charge in [0.25, 0.3) is 5.91 Å². The normalized spacial score (nSPS) is 19.7. The molecule has 2 aromatic rings. The van der Waals surface area contributed by atoms with Crippen molar-refractivity contribution < 1.29 is 13.4 Å². The van der Waals surface area contributed by atoms with Crippen LogP contribution in [0.3, 0.4) is 0 Å². The van der Waals surface area contributed by atoms with Crippen molar-refractivity contribution in [2.45, 2.75) is 18.6 Å². The van der Waals surface area contributed by atoms with E-state index in [2.05, 4.69) is 19.7 Å². The zero-order chi connectivity index (χ0) is 21.7. The van der Waals surface area contributed by atoms with E-state index in [9.17, 15) is 13.4 Å². The van der Waals surface area contributed by atoms with E-state index in [1.165, 1.54) is 41.8 Å². The molecule has 3 rings (SSSR count). The molecule has 1 unspecified atom stereocenters. The second kappa shape index (κ2) is 9.40. The number of carbonyl (C=O) groups excluding carboxylic acids is 1. The Morgan fingerprint density at radius 3 is 2.87 bits per heavy atom. The summed E-state index contributed by atoms with van der Waals surface area (Å²) in [6, 6.07) is 7.10. The van der Waals surface area contributed by atoms with Crippen LogP contribution < -0.4 is 11.1 Å². The SMILES string of the molecule is C/N=C(/N)N1CCCCN=S1(=O)Cc1cc(NC(=O)c2ccc(Cl)cn2)ccc1F. The lowest BCUT2D eigenvalue weighted by Crippen LogP contribution is -2.42. The molecule has 1 amide bonds. The van der Waals surface area contributed by atoms with Crippen molar-refractivity contribution in [1.82, 2.24) is 9.29 Å². The average Bonchev–Trinajstić information content (AvgIpc) is 2.92. The van der Waals surface area contributed by atoms with Crippen molar-refractivity contribution >= 4 is 39.1 Å². The molecule has 0 radical (unpaired) electrons. The zero-order valence-electron chi connectivity index (χ0n) is 16.3. The molecule has 3 N–H and O–H groups in total. The second-order valence-electron chi connectivity index (χ2n) is 6.62. The number of benzene rings is 1. The van der Waals surface area contributed by atoms with Gasteiger partial charge in [-0.3, -0.25) is 14.1 Å². The molecule has 0 fully saturated rings. The zero-order valence-corrected chi connectivity index (χ0v) is 17.9. The molecular formula is C19H22ClFN6O2S. The maximum Gasteiger partial charge on any atom is 0.274 e. The van der Waals surface area contributed by atoms with Crippen molar-refractivity contribution in [3.63, 3.8) is 0 Å².